The Morgan fingerprint density at radius 1 is 1.70 bits per heavy atom. The van der Waals surface area contributed by atoms with Crippen molar-refractivity contribution in [3.8, 4) is 0 Å². The third kappa shape index (κ3) is 5.08. The Morgan fingerprint density at radius 2 is 2.20 bits per heavy atom. The minimum atomic E-state index is -0.442. The van der Waals surface area contributed by atoms with Gasteiger partial charge in [0.15, 0.2) is 0 Å². The number of esters is 1. The number of rotatable bonds is 3. The Labute approximate surface area is 59.9 Å². The second-order valence-electron chi connectivity index (χ2n) is 2.24. The molecule has 4 nitrogen and oxygen atoms in total. The summed E-state index contributed by atoms with van der Waals surface area (Å²) in [6, 6.07) is 0. The Hall–Kier alpha value is -1.06. The number of nitrogens with two attached hydrogens (primary N) is 1. The molecule has 0 heterocycles. The number of carbonyl (C=O) groups is 1. The van der Waals surface area contributed by atoms with Crippen LogP contribution in [0.4, 0.5) is 0 Å². The van der Waals surface area contributed by atoms with Gasteiger partial charge in [-0.2, -0.15) is 0 Å². The fourth-order valence-corrected chi connectivity index (χ4v) is 0.460. The van der Waals surface area contributed by atoms with E-state index in [1.807, 2.05) is 0 Å². The second kappa shape index (κ2) is 3.87. The maximum Gasteiger partial charge on any atom is 0.313 e. The summed E-state index contributed by atoms with van der Waals surface area (Å²) >= 11 is 0. The molecule has 10 heavy (non-hydrogen) atoms. The van der Waals surface area contributed by atoms with Crippen molar-refractivity contribution in [2.45, 2.75) is 26.4 Å². The van der Waals surface area contributed by atoms with Crippen LogP contribution in [0, 0.1) is 5.41 Å². The average molecular weight is 144 g/mol. The van der Waals surface area contributed by atoms with Crippen LogP contribution in [0.2, 0.25) is 0 Å². The normalized spacial score (nSPS) is 9.50. The molecule has 0 aliphatic carbocycles. The molecule has 0 aliphatic heterocycles. The summed E-state index contributed by atoms with van der Waals surface area (Å²) in [5.74, 6) is -0.604. The van der Waals surface area contributed by atoms with Gasteiger partial charge in [0.1, 0.15) is 12.3 Å². The molecule has 0 saturated heterocycles. The molecule has 0 amide bonds. The maximum atomic E-state index is 10.6. The van der Waals surface area contributed by atoms with E-state index in [4.69, 9.17) is 15.9 Å². The van der Waals surface area contributed by atoms with Crippen molar-refractivity contribution in [3.63, 3.8) is 0 Å². The second-order valence-corrected chi connectivity index (χ2v) is 2.24. The van der Waals surface area contributed by atoms with E-state index < -0.39 is 5.97 Å². The molecule has 0 unspecified atom stereocenters. The maximum absolute atomic E-state index is 10.6. The number of hydrogen-bond acceptors (Lipinski definition) is 3. The van der Waals surface area contributed by atoms with Gasteiger partial charge in [-0.1, -0.05) is 0 Å². The average Bonchev–Trinajstić information content (AvgIpc) is 1.58. The minimum absolute atomic E-state index is 0.113. The van der Waals surface area contributed by atoms with E-state index in [1.165, 1.54) is 0 Å². The Morgan fingerprint density at radius 3 is 2.50 bits per heavy atom. The smallest absolute Gasteiger partial charge is 0.313 e. The Balaban J connectivity index is 3.54. The van der Waals surface area contributed by atoms with Gasteiger partial charge < -0.3 is 10.5 Å². The fourth-order valence-electron chi connectivity index (χ4n) is 0.460. The lowest BCUT2D eigenvalue weighted by atomic mass is 10.4. The number of nitrogens with one attached hydrogen (secondary N) is 1. The van der Waals surface area contributed by atoms with Crippen LogP contribution in [0.1, 0.15) is 20.3 Å². The van der Waals surface area contributed by atoms with Crippen LogP contribution in [-0.2, 0) is 9.53 Å². The van der Waals surface area contributed by atoms with Crippen LogP contribution < -0.4 is 5.73 Å². The van der Waals surface area contributed by atoms with Gasteiger partial charge in [0, 0.05) is 0 Å². The first-order valence-corrected chi connectivity index (χ1v) is 3.04. The van der Waals surface area contributed by atoms with Crippen LogP contribution in [0.5, 0.6) is 0 Å². The van der Waals surface area contributed by atoms with Crippen LogP contribution in [0.15, 0.2) is 0 Å². The van der Waals surface area contributed by atoms with E-state index in [9.17, 15) is 4.79 Å². The molecule has 58 valence electrons. The zero-order valence-electron chi connectivity index (χ0n) is 6.18. The molecule has 0 fully saturated rings. The van der Waals surface area contributed by atoms with E-state index in [1.54, 1.807) is 13.8 Å². The van der Waals surface area contributed by atoms with Crippen molar-refractivity contribution in [2.75, 3.05) is 0 Å². The van der Waals surface area contributed by atoms with Gasteiger partial charge in [0.2, 0.25) is 0 Å². The summed E-state index contributed by atoms with van der Waals surface area (Å²) in [5.41, 5.74) is 4.95. The van der Waals surface area contributed by atoms with Crippen LogP contribution in [0.3, 0.4) is 0 Å². The van der Waals surface area contributed by atoms with E-state index >= 15 is 0 Å². The minimum Gasteiger partial charge on any atom is -0.463 e. The van der Waals surface area contributed by atoms with Crippen LogP contribution in [0.25, 0.3) is 0 Å². The van der Waals surface area contributed by atoms with Crippen molar-refractivity contribution in [1.82, 2.24) is 0 Å². The molecule has 3 N–H and O–H groups in total. The molecule has 4 heteroatoms. The molecule has 0 spiro atoms. The lowest BCUT2D eigenvalue weighted by Crippen LogP contribution is -2.19. The lowest BCUT2D eigenvalue weighted by Gasteiger charge is -2.05. The molecule has 0 saturated carbocycles. The summed E-state index contributed by atoms with van der Waals surface area (Å²) in [6.45, 7) is 3.50. The van der Waals surface area contributed by atoms with Gasteiger partial charge in [-0.25, -0.2) is 0 Å². The van der Waals surface area contributed by atoms with Crippen molar-refractivity contribution in [1.29, 1.82) is 5.41 Å². The molecule has 0 radical (unpaired) electrons. The zero-order valence-corrected chi connectivity index (χ0v) is 6.18. The Bertz CT molecular complexity index is 143. The van der Waals surface area contributed by atoms with Gasteiger partial charge in [-0.3, -0.25) is 10.2 Å². The van der Waals surface area contributed by atoms with Crippen molar-refractivity contribution < 1.29 is 9.53 Å². The van der Waals surface area contributed by atoms with E-state index in [-0.39, 0.29) is 18.4 Å². The standard InChI is InChI=1S/C6H12N2O2/c1-4(2)10-6(9)3-5(7)8/h4H,3H2,1-2H3,(H3,7,8). The lowest BCUT2D eigenvalue weighted by molar-refractivity contribution is -0.145. The molecule has 0 atom stereocenters. The Kier molecular flexibility index (Phi) is 3.46. The number of amidine groups is 1. The molecule has 0 aromatic heterocycles. The first-order chi connectivity index (χ1) is 4.52. The molecule has 0 aromatic rings. The molecule has 0 aliphatic rings. The molecule has 0 bridgehead atoms. The van der Waals surface area contributed by atoms with Gasteiger partial charge in [0.25, 0.3) is 0 Å². The predicted octanol–water partition coefficient (Wildman–Crippen LogP) is 0.264. The first-order valence-electron chi connectivity index (χ1n) is 3.04. The zero-order chi connectivity index (χ0) is 8.15. The highest BCUT2D eigenvalue weighted by atomic mass is 16.5. The van der Waals surface area contributed by atoms with Crippen LogP contribution >= 0.6 is 0 Å². The number of hydrogen-bond donors (Lipinski definition) is 2. The van der Waals surface area contributed by atoms with Gasteiger partial charge >= 0.3 is 5.97 Å². The molecule has 0 rings (SSSR count). The third-order valence-electron chi connectivity index (χ3n) is 0.702. The highest BCUT2D eigenvalue weighted by Crippen LogP contribution is 1.91. The van der Waals surface area contributed by atoms with Crippen LogP contribution in [-0.4, -0.2) is 17.9 Å². The van der Waals surface area contributed by atoms with Gasteiger partial charge in [-0.15, -0.1) is 0 Å². The monoisotopic (exact) mass is 144 g/mol. The molecule has 0 aromatic carbocycles. The number of ether oxygens (including phenoxy) is 1. The predicted molar refractivity (Wildman–Crippen MR) is 37.8 cm³/mol. The molecular formula is C6H12N2O2. The van der Waals surface area contributed by atoms with Crippen molar-refractivity contribution in [2.24, 2.45) is 5.73 Å². The fraction of sp³-hybridized carbons (Fsp3) is 0.667. The quantitative estimate of drug-likeness (QED) is 0.339. The van der Waals surface area contributed by atoms with E-state index in [2.05, 4.69) is 0 Å². The number of carbonyl (C=O) groups excluding carboxylic acids is 1. The largest absolute Gasteiger partial charge is 0.463 e. The highest BCUT2D eigenvalue weighted by Gasteiger charge is 2.05. The van der Waals surface area contributed by atoms with Crippen molar-refractivity contribution >= 4 is 11.8 Å². The topological polar surface area (TPSA) is 76.2 Å². The highest BCUT2D eigenvalue weighted by molar-refractivity contribution is 5.94. The summed E-state index contributed by atoms with van der Waals surface area (Å²) in [4.78, 5) is 10.6. The van der Waals surface area contributed by atoms with E-state index in [0.29, 0.717) is 0 Å². The first kappa shape index (κ1) is 8.94. The summed E-state index contributed by atoms with van der Waals surface area (Å²) in [5, 5.41) is 6.75. The van der Waals surface area contributed by atoms with Gasteiger partial charge in [0.05, 0.1) is 6.10 Å². The summed E-state index contributed by atoms with van der Waals surface area (Å²) in [7, 11) is 0. The SMILES string of the molecule is CC(C)OC(=O)CC(=N)N. The van der Waals surface area contributed by atoms with Gasteiger partial charge in [-0.05, 0) is 13.8 Å². The summed E-state index contributed by atoms with van der Waals surface area (Å²) < 4.78 is 4.70. The van der Waals surface area contributed by atoms with E-state index in [0.717, 1.165) is 0 Å². The third-order valence-corrected chi connectivity index (χ3v) is 0.702. The molecular weight excluding hydrogens is 132 g/mol. The van der Waals surface area contributed by atoms with Crippen molar-refractivity contribution in [3.05, 3.63) is 0 Å². The summed E-state index contributed by atoms with van der Waals surface area (Å²) in [6.07, 6.45) is -0.245.